The molecule has 1 unspecified atom stereocenters. The average molecular weight is 370 g/mol. The van der Waals surface area contributed by atoms with Crippen LogP contribution in [0.5, 0.6) is 11.5 Å². The quantitative estimate of drug-likeness (QED) is 0.716. The number of aryl methyl sites for hydroxylation is 2. The van der Waals surface area contributed by atoms with Crippen molar-refractivity contribution in [1.29, 1.82) is 0 Å². The van der Waals surface area contributed by atoms with Crippen molar-refractivity contribution in [2.24, 2.45) is 5.92 Å². The summed E-state index contributed by atoms with van der Waals surface area (Å²) in [6, 6.07) is 5.80. The predicted molar refractivity (Wildman–Crippen MR) is 103 cm³/mol. The zero-order valence-corrected chi connectivity index (χ0v) is 16.2. The lowest BCUT2D eigenvalue weighted by Crippen LogP contribution is -2.32. The van der Waals surface area contributed by atoms with E-state index in [9.17, 15) is 4.79 Å². The molecule has 0 bridgehead atoms. The molecule has 0 saturated heterocycles. The minimum atomic E-state index is -0.0768. The maximum Gasteiger partial charge on any atom is 0.244 e. The zero-order chi connectivity index (χ0) is 19.4. The number of hydrogen-bond acceptors (Lipinski definition) is 5. The van der Waals surface area contributed by atoms with Gasteiger partial charge >= 0.3 is 0 Å². The van der Waals surface area contributed by atoms with Crippen LogP contribution in [-0.4, -0.2) is 24.2 Å². The number of hydrogen-bond donors (Lipinski definition) is 1. The Labute approximate surface area is 159 Å². The number of nitrogens with zero attached hydrogens (tertiary/aromatic N) is 1. The van der Waals surface area contributed by atoms with Crippen LogP contribution in [0.15, 0.2) is 28.8 Å². The molecule has 0 aliphatic heterocycles. The highest BCUT2D eigenvalue weighted by Crippen LogP contribution is 2.32. The van der Waals surface area contributed by atoms with Crippen molar-refractivity contribution in [3.8, 4) is 11.5 Å². The van der Waals surface area contributed by atoms with Gasteiger partial charge in [0.2, 0.25) is 5.91 Å². The molecule has 0 spiro atoms. The van der Waals surface area contributed by atoms with Gasteiger partial charge in [-0.1, -0.05) is 11.2 Å². The van der Waals surface area contributed by atoms with Gasteiger partial charge in [0.1, 0.15) is 12.4 Å². The van der Waals surface area contributed by atoms with Gasteiger partial charge in [-0.3, -0.25) is 4.79 Å². The van der Waals surface area contributed by atoms with Crippen LogP contribution in [0.4, 0.5) is 0 Å². The average Bonchev–Trinajstić information content (AvgIpc) is 3.46. The number of carbonyl (C=O) groups excluding carboxylic acids is 1. The van der Waals surface area contributed by atoms with Crippen molar-refractivity contribution in [3.05, 3.63) is 46.9 Å². The fourth-order valence-corrected chi connectivity index (χ4v) is 2.92. The topological polar surface area (TPSA) is 73.6 Å². The van der Waals surface area contributed by atoms with E-state index in [1.54, 1.807) is 19.3 Å². The molecule has 1 atom stereocenters. The van der Waals surface area contributed by atoms with Crippen LogP contribution >= 0.6 is 0 Å². The maximum absolute atomic E-state index is 12.0. The number of nitrogens with one attached hydrogen (secondary N) is 1. The normalized spacial score (nSPS) is 15.0. The van der Waals surface area contributed by atoms with Crippen molar-refractivity contribution in [2.75, 3.05) is 7.11 Å². The SMILES string of the molecule is COc1cc(C=CC(=O)NC(C)C2CC2)ccc1OCc1c(C)noc1C. The Morgan fingerprint density at radius 3 is 2.78 bits per heavy atom. The van der Waals surface area contributed by atoms with Crippen molar-refractivity contribution >= 4 is 12.0 Å². The molecule has 0 radical (unpaired) electrons. The molecule has 1 heterocycles. The van der Waals surface area contributed by atoms with Crippen molar-refractivity contribution in [2.45, 2.75) is 46.3 Å². The molecule has 144 valence electrons. The number of amides is 1. The predicted octanol–water partition coefficient (Wildman–Crippen LogP) is 3.81. The third kappa shape index (κ3) is 4.90. The van der Waals surface area contributed by atoms with Gasteiger partial charge in [-0.2, -0.15) is 0 Å². The van der Waals surface area contributed by atoms with Crippen molar-refractivity contribution in [1.82, 2.24) is 10.5 Å². The van der Waals surface area contributed by atoms with Crippen LogP contribution in [0.2, 0.25) is 0 Å². The number of carbonyl (C=O) groups is 1. The van der Waals surface area contributed by atoms with Gasteiger partial charge in [0.25, 0.3) is 0 Å². The van der Waals surface area contributed by atoms with Crippen LogP contribution in [-0.2, 0) is 11.4 Å². The van der Waals surface area contributed by atoms with Crippen LogP contribution in [0.3, 0.4) is 0 Å². The summed E-state index contributed by atoms with van der Waals surface area (Å²) in [5, 5.41) is 6.93. The standard InChI is InChI=1S/C21H26N2O4/c1-13(17-7-8-17)22-21(24)10-6-16-5-9-19(20(11-16)25-4)26-12-18-14(2)23-27-15(18)3/h5-6,9-11,13,17H,7-8,12H2,1-4H3,(H,22,24). The third-order valence-electron chi connectivity index (χ3n) is 4.87. The highest BCUT2D eigenvalue weighted by Gasteiger charge is 2.28. The number of methoxy groups -OCH3 is 1. The highest BCUT2D eigenvalue weighted by atomic mass is 16.5. The highest BCUT2D eigenvalue weighted by molar-refractivity contribution is 5.92. The molecule has 1 amide bonds. The van der Waals surface area contributed by atoms with Gasteiger partial charge in [-0.05, 0) is 63.3 Å². The van der Waals surface area contributed by atoms with Crippen LogP contribution in [0.1, 0.15) is 42.3 Å². The second kappa shape index (κ2) is 8.29. The fraction of sp³-hybridized carbons (Fsp3) is 0.429. The second-order valence-electron chi connectivity index (χ2n) is 6.97. The first-order valence-corrected chi connectivity index (χ1v) is 9.19. The molecule has 3 rings (SSSR count). The van der Waals surface area contributed by atoms with Gasteiger partial charge in [0.15, 0.2) is 11.5 Å². The molecule has 2 aromatic rings. The largest absolute Gasteiger partial charge is 0.493 e. The van der Waals surface area contributed by atoms with Gasteiger partial charge in [-0.25, -0.2) is 0 Å². The molecule has 1 aromatic carbocycles. The van der Waals surface area contributed by atoms with Crippen molar-refractivity contribution in [3.63, 3.8) is 0 Å². The maximum atomic E-state index is 12.0. The molecule has 6 heteroatoms. The van der Waals surface area contributed by atoms with E-state index < -0.39 is 0 Å². The third-order valence-corrected chi connectivity index (χ3v) is 4.87. The van der Waals surface area contributed by atoms with Crippen LogP contribution in [0.25, 0.3) is 6.08 Å². The summed E-state index contributed by atoms with van der Waals surface area (Å²) in [7, 11) is 1.59. The fourth-order valence-electron chi connectivity index (χ4n) is 2.92. The number of rotatable bonds is 8. The molecular formula is C21H26N2O4. The van der Waals surface area contributed by atoms with E-state index in [4.69, 9.17) is 14.0 Å². The molecule has 6 nitrogen and oxygen atoms in total. The Kier molecular flexibility index (Phi) is 5.84. The minimum absolute atomic E-state index is 0.0768. The van der Waals surface area contributed by atoms with E-state index in [2.05, 4.69) is 17.4 Å². The van der Waals surface area contributed by atoms with Gasteiger partial charge in [0.05, 0.1) is 18.4 Å². The van der Waals surface area contributed by atoms with Crippen molar-refractivity contribution < 1.29 is 18.8 Å². The van der Waals surface area contributed by atoms with Crippen LogP contribution < -0.4 is 14.8 Å². The molecule has 1 aliphatic carbocycles. The van der Waals surface area contributed by atoms with Gasteiger partial charge in [0, 0.05) is 12.1 Å². The number of ether oxygens (including phenoxy) is 2. The summed E-state index contributed by atoms with van der Waals surface area (Å²) in [5.41, 5.74) is 2.62. The lowest BCUT2D eigenvalue weighted by molar-refractivity contribution is -0.117. The Hall–Kier alpha value is -2.76. The molecule has 1 N–H and O–H groups in total. The van der Waals surface area contributed by atoms with Crippen LogP contribution in [0, 0.1) is 19.8 Å². The molecule has 1 aromatic heterocycles. The summed E-state index contributed by atoms with van der Waals surface area (Å²) in [5.74, 6) is 2.54. The molecule has 27 heavy (non-hydrogen) atoms. The second-order valence-corrected chi connectivity index (χ2v) is 6.97. The number of benzene rings is 1. The Morgan fingerprint density at radius 2 is 2.15 bits per heavy atom. The summed E-state index contributed by atoms with van der Waals surface area (Å²) in [4.78, 5) is 12.0. The molecule has 1 fully saturated rings. The Bertz CT molecular complexity index is 817. The number of aromatic nitrogens is 1. The van der Waals surface area contributed by atoms with E-state index in [0.717, 1.165) is 22.6 Å². The minimum Gasteiger partial charge on any atom is -0.493 e. The van der Waals surface area contributed by atoms with Gasteiger partial charge in [-0.15, -0.1) is 0 Å². The monoisotopic (exact) mass is 370 g/mol. The summed E-state index contributed by atoms with van der Waals surface area (Å²) < 4.78 is 16.5. The molecular weight excluding hydrogens is 344 g/mol. The van der Waals surface area contributed by atoms with E-state index in [-0.39, 0.29) is 11.9 Å². The first-order chi connectivity index (χ1) is 13.0. The van der Waals surface area contributed by atoms with E-state index in [1.807, 2.05) is 32.0 Å². The zero-order valence-electron chi connectivity index (χ0n) is 16.2. The van der Waals surface area contributed by atoms with E-state index in [0.29, 0.717) is 24.0 Å². The molecule has 1 saturated carbocycles. The lowest BCUT2D eigenvalue weighted by atomic mass is 10.1. The summed E-state index contributed by atoms with van der Waals surface area (Å²) in [6.07, 6.45) is 5.74. The lowest BCUT2D eigenvalue weighted by Gasteiger charge is -2.12. The first kappa shape index (κ1) is 19.0. The van der Waals surface area contributed by atoms with Gasteiger partial charge < -0.3 is 19.3 Å². The Balaban J connectivity index is 1.63. The molecule has 1 aliphatic rings. The first-order valence-electron chi connectivity index (χ1n) is 9.19. The Morgan fingerprint density at radius 1 is 1.37 bits per heavy atom. The van der Waals surface area contributed by atoms with E-state index in [1.165, 1.54) is 12.8 Å². The van der Waals surface area contributed by atoms with E-state index >= 15 is 0 Å². The summed E-state index contributed by atoms with van der Waals surface area (Å²) >= 11 is 0. The summed E-state index contributed by atoms with van der Waals surface area (Å²) in [6.45, 7) is 6.15. The smallest absolute Gasteiger partial charge is 0.244 e.